The zero-order valence-electron chi connectivity index (χ0n) is 7.48. The molecule has 0 amide bonds. The Hall–Kier alpha value is -1.82. The summed E-state index contributed by atoms with van der Waals surface area (Å²) in [6.45, 7) is 0. The third-order valence-electron chi connectivity index (χ3n) is 1.80. The van der Waals surface area contributed by atoms with Gasteiger partial charge in [-0.05, 0) is 12.1 Å². The van der Waals surface area contributed by atoms with Crippen molar-refractivity contribution in [3.05, 3.63) is 29.0 Å². The highest BCUT2D eigenvalue weighted by molar-refractivity contribution is 6.32. The highest BCUT2D eigenvalue weighted by Crippen LogP contribution is 2.24. The molecule has 0 bridgehead atoms. The molecule has 0 radical (unpaired) electrons. The quantitative estimate of drug-likeness (QED) is 0.768. The minimum atomic E-state index is -0.542. The molecule has 7 heteroatoms. The summed E-state index contributed by atoms with van der Waals surface area (Å²) in [6.07, 6.45) is 0. The van der Waals surface area contributed by atoms with Gasteiger partial charge in [-0.2, -0.15) is 9.67 Å². The molecule has 0 unspecified atom stereocenters. The molecule has 78 valence electrons. The van der Waals surface area contributed by atoms with E-state index in [1.54, 1.807) is 0 Å². The fourth-order valence-electron chi connectivity index (χ4n) is 1.20. The Bertz CT molecular complexity index is 489. The molecular weight excluding hydrogens is 221 g/mol. The van der Waals surface area contributed by atoms with Crippen LogP contribution in [0.15, 0.2) is 18.2 Å². The van der Waals surface area contributed by atoms with Crippen LogP contribution in [0.25, 0.3) is 5.69 Å². The van der Waals surface area contributed by atoms with Crippen molar-refractivity contribution in [3.63, 3.8) is 0 Å². The van der Waals surface area contributed by atoms with Crippen molar-refractivity contribution < 1.29 is 4.39 Å². The molecule has 0 aliphatic heterocycles. The van der Waals surface area contributed by atoms with Crippen molar-refractivity contribution in [2.75, 3.05) is 11.5 Å². The van der Waals surface area contributed by atoms with Gasteiger partial charge in [0.15, 0.2) is 5.82 Å². The zero-order valence-corrected chi connectivity index (χ0v) is 8.24. The summed E-state index contributed by atoms with van der Waals surface area (Å²) in [6, 6.07) is 4.26. The van der Waals surface area contributed by atoms with Crippen molar-refractivity contribution in [1.29, 1.82) is 0 Å². The van der Waals surface area contributed by atoms with E-state index in [-0.39, 0.29) is 22.6 Å². The van der Waals surface area contributed by atoms with E-state index in [0.717, 1.165) is 4.68 Å². The maximum atomic E-state index is 13.5. The number of para-hydroxylation sites is 1. The molecule has 4 N–H and O–H groups in total. The number of nitrogens with two attached hydrogens (primary N) is 2. The van der Waals surface area contributed by atoms with Crippen LogP contribution in [0.4, 0.5) is 16.3 Å². The first-order valence-corrected chi connectivity index (χ1v) is 4.40. The van der Waals surface area contributed by atoms with Crippen molar-refractivity contribution in [2.45, 2.75) is 0 Å². The zero-order chi connectivity index (χ0) is 11.0. The van der Waals surface area contributed by atoms with Crippen LogP contribution < -0.4 is 11.5 Å². The topological polar surface area (TPSA) is 82.7 Å². The summed E-state index contributed by atoms with van der Waals surface area (Å²) < 4.78 is 14.5. The van der Waals surface area contributed by atoms with Crippen molar-refractivity contribution in [2.24, 2.45) is 0 Å². The van der Waals surface area contributed by atoms with E-state index >= 15 is 0 Å². The van der Waals surface area contributed by atoms with Gasteiger partial charge in [-0.25, -0.2) is 4.39 Å². The molecule has 1 heterocycles. The lowest BCUT2D eigenvalue weighted by molar-refractivity contribution is 0.612. The predicted octanol–water partition coefficient (Wildman–Crippen LogP) is 1.22. The molecule has 15 heavy (non-hydrogen) atoms. The van der Waals surface area contributed by atoms with Gasteiger partial charge in [0.1, 0.15) is 5.69 Å². The lowest BCUT2D eigenvalue weighted by Gasteiger charge is -2.05. The van der Waals surface area contributed by atoms with E-state index in [9.17, 15) is 4.39 Å². The van der Waals surface area contributed by atoms with Gasteiger partial charge in [0, 0.05) is 0 Å². The van der Waals surface area contributed by atoms with Crippen LogP contribution in [0.1, 0.15) is 0 Å². The van der Waals surface area contributed by atoms with Gasteiger partial charge >= 0.3 is 0 Å². The number of hydrogen-bond donors (Lipinski definition) is 2. The standard InChI is InChI=1S/C8H7ClFN5/c9-4-2-1-3-5(10)6(4)15-8(12)13-7(11)14-15/h1-3H,(H4,11,12,13,14). The summed E-state index contributed by atoms with van der Waals surface area (Å²) in [7, 11) is 0. The SMILES string of the molecule is Nc1nc(N)n(-c2c(F)cccc2Cl)n1. The van der Waals surface area contributed by atoms with Gasteiger partial charge in [0.05, 0.1) is 5.02 Å². The second-order valence-corrected chi connectivity index (χ2v) is 3.22. The second kappa shape index (κ2) is 3.39. The Balaban J connectivity index is 2.68. The monoisotopic (exact) mass is 227 g/mol. The van der Waals surface area contributed by atoms with Crippen LogP contribution in [0.5, 0.6) is 0 Å². The molecule has 2 rings (SSSR count). The Kier molecular flexibility index (Phi) is 2.20. The van der Waals surface area contributed by atoms with Gasteiger partial charge in [-0.1, -0.05) is 17.7 Å². The van der Waals surface area contributed by atoms with Crippen LogP contribution in [0, 0.1) is 5.82 Å². The van der Waals surface area contributed by atoms with Gasteiger partial charge < -0.3 is 11.5 Å². The van der Waals surface area contributed by atoms with Crippen molar-refractivity contribution >= 4 is 23.5 Å². The Morgan fingerprint density at radius 2 is 2.07 bits per heavy atom. The third-order valence-corrected chi connectivity index (χ3v) is 2.10. The van der Waals surface area contributed by atoms with Crippen molar-refractivity contribution in [1.82, 2.24) is 14.8 Å². The summed E-state index contributed by atoms with van der Waals surface area (Å²) in [5.41, 5.74) is 10.9. The lowest BCUT2D eigenvalue weighted by atomic mass is 10.3. The number of hydrogen-bond acceptors (Lipinski definition) is 4. The molecular formula is C8H7ClFN5. The molecule has 0 spiro atoms. The van der Waals surface area contributed by atoms with Gasteiger partial charge in [0.2, 0.25) is 11.9 Å². The first-order chi connectivity index (χ1) is 7.09. The molecule has 5 nitrogen and oxygen atoms in total. The molecule has 0 aliphatic rings. The Morgan fingerprint density at radius 1 is 1.33 bits per heavy atom. The molecule has 0 aliphatic carbocycles. The first-order valence-electron chi connectivity index (χ1n) is 4.02. The fourth-order valence-corrected chi connectivity index (χ4v) is 1.44. The Labute approximate surface area is 89.5 Å². The number of benzene rings is 1. The number of aromatic nitrogens is 3. The maximum Gasteiger partial charge on any atom is 0.241 e. The fraction of sp³-hybridized carbons (Fsp3) is 0. The number of anilines is 2. The first kappa shape index (κ1) is 9.72. The molecule has 1 aromatic heterocycles. The van der Waals surface area contributed by atoms with Crippen LogP contribution in [-0.4, -0.2) is 14.8 Å². The minimum absolute atomic E-state index is 0.0144. The highest BCUT2D eigenvalue weighted by atomic mass is 35.5. The highest BCUT2D eigenvalue weighted by Gasteiger charge is 2.14. The number of nitrogen functional groups attached to an aromatic ring is 2. The normalized spacial score (nSPS) is 10.5. The minimum Gasteiger partial charge on any atom is -0.368 e. The third kappa shape index (κ3) is 1.59. The van der Waals surface area contributed by atoms with Gasteiger partial charge in [0.25, 0.3) is 0 Å². The number of nitrogens with zero attached hydrogens (tertiary/aromatic N) is 3. The second-order valence-electron chi connectivity index (χ2n) is 2.81. The summed E-state index contributed by atoms with van der Waals surface area (Å²) in [4.78, 5) is 3.65. The Morgan fingerprint density at radius 3 is 2.60 bits per heavy atom. The molecule has 0 saturated heterocycles. The summed E-state index contributed by atoms with van der Waals surface area (Å²) in [5.74, 6) is -0.592. The summed E-state index contributed by atoms with van der Waals surface area (Å²) >= 11 is 5.82. The molecule has 0 atom stereocenters. The lowest BCUT2D eigenvalue weighted by Crippen LogP contribution is -2.05. The summed E-state index contributed by atoms with van der Waals surface area (Å²) in [5, 5.41) is 3.92. The van der Waals surface area contributed by atoms with Gasteiger partial charge in [-0.15, -0.1) is 5.10 Å². The van der Waals surface area contributed by atoms with Crippen LogP contribution in [-0.2, 0) is 0 Å². The maximum absolute atomic E-state index is 13.5. The van der Waals surface area contributed by atoms with E-state index in [2.05, 4.69) is 10.1 Å². The van der Waals surface area contributed by atoms with Crippen LogP contribution in [0.2, 0.25) is 5.02 Å². The predicted molar refractivity (Wildman–Crippen MR) is 55.2 cm³/mol. The van der Waals surface area contributed by atoms with E-state index < -0.39 is 5.82 Å². The smallest absolute Gasteiger partial charge is 0.241 e. The molecule has 0 saturated carbocycles. The number of rotatable bonds is 1. The van der Waals surface area contributed by atoms with Gasteiger partial charge in [-0.3, -0.25) is 0 Å². The van der Waals surface area contributed by atoms with Crippen LogP contribution >= 0.6 is 11.6 Å². The largest absolute Gasteiger partial charge is 0.368 e. The average Bonchev–Trinajstić information content (AvgIpc) is 2.45. The van der Waals surface area contributed by atoms with E-state index in [1.807, 2.05) is 0 Å². The van der Waals surface area contributed by atoms with Crippen LogP contribution in [0.3, 0.4) is 0 Å². The molecule has 0 fully saturated rings. The van der Waals surface area contributed by atoms with E-state index in [1.165, 1.54) is 18.2 Å². The average molecular weight is 228 g/mol. The molecule has 2 aromatic rings. The molecule has 1 aromatic carbocycles. The van der Waals surface area contributed by atoms with Crippen molar-refractivity contribution in [3.8, 4) is 5.69 Å². The van der Waals surface area contributed by atoms with E-state index in [0.29, 0.717) is 0 Å². The van der Waals surface area contributed by atoms with E-state index in [4.69, 9.17) is 23.1 Å². The number of halogens is 2.